The van der Waals surface area contributed by atoms with Crippen LogP contribution in [0.15, 0.2) is 11.2 Å². The third-order valence-electron chi connectivity index (χ3n) is 1.70. The van der Waals surface area contributed by atoms with Crippen LogP contribution in [0.3, 0.4) is 0 Å². The molecule has 0 radical (unpaired) electrons. The van der Waals surface area contributed by atoms with Crippen LogP contribution >= 0.6 is 11.8 Å². The van der Waals surface area contributed by atoms with Crippen molar-refractivity contribution in [3.8, 4) is 11.8 Å². The molecule has 1 heterocycles. The van der Waals surface area contributed by atoms with Crippen molar-refractivity contribution in [3.63, 3.8) is 0 Å². The van der Waals surface area contributed by atoms with Gasteiger partial charge < -0.3 is 14.2 Å². The van der Waals surface area contributed by atoms with Gasteiger partial charge >= 0.3 is 5.97 Å². The van der Waals surface area contributed by atoms with Gasteiger partial charge in [0, 0.05) is 0 Å². The molecule has 0 aliphatic heterocycles. The summed E-state index contributed by atoms with van der Waals surface area (Å²) in [6.07, 6.45) is 0. The van der Waals surface area contributed by atoms with E-state index in [2.05, 4.69) is 9.97 Å². The van der Waals surface area contributed by atoms with E-state index in [-0.39, 0.29) is 11.7 Å². The fourth-order valence-corrected chi connectivity index (χ4v) is 1.62. The molecular formula is C10H14N2O4S. The summed E-state index contributed by atoms with van der Waals surface area (Å²) in [7, 11) is 3.00. The number of rotatable bonds is 6. The van der Waals surface area contributed by atoms with E-state index in [9.17, 15) is 4.79 Å². The van der Waals surface area contributed by atoms with Crippen LogP contribution in [-0.4, -0.2) is 42.5 Å². The zero-order chi connectivity index (χ0) is 12.7. The second-order valence-electron chi connectivity index (χ2n) is 2.83. The monoisotopic (exact) mass is 258 g/mol. The molecule has 17 heavy (non-hydrogen) atoms. The number of esters is 1. The molecule has 1 rings (SSSR count). The van der Waals surface area contributed by atoms with E-state index in [0.29, 0.717) is 23.5 Å². The fraction of sp³-hybridized carbons (Fsp3) is 0.500. The molecule has 0 spiro atoms. The molecule has 0 atom stereocenters. The summed E-state index contributed by atoms with van der Waals surface area (Å²) in [5.74, 6) is 0.638. The largest absolute Gasteiger partial charge is 0.481 e. The Kier molecular flexibility index (Phi) is 5.55. The van der Waals surface area contributed by atoms with Crippen molar-refractivity contribution in [2.24, 2.45) is 0 Å². The number of carbonyl (C=O) groups excluding carboxylic acids is 1. The molecule has 0 N–H and O–H groups in total. The zero-order valence-corrected chi connectivity index (χ0v) is 10.7. The SMILES string of the molecule is CCOC(=O)CSc1nc(OC)cc(OC)n1. The van der Waals surface area contributed by atoms with Gasteiger partial charge in [0.05, 0.1) is 32.6 Å². The fourth-order valence-electron chi connectivity index (χ4n) is 0.984. The number of aromatic nitrogens is 2. The summed E-state index contributed by atoms with van der Waals surface area (Å²) < 4.78 is 14.8. The lowest BCUT2D eigenvalue weighted by Gasteiger charge is -2.05. The average Bonchev–Trinajstić information content (AvgIpc) is 2.36. The average molecular weight is 258 g/mol. The molecule has 0 amide bonds. The van der Waals surface area contributed by atoms with E-state index in [1.54, 1.807) is 13.0 Å². The minimum atomic E-state index is -0.303. The number of methoxy groups -OCH3 is 2. The van der Waals surface area contributed by atoms with Gasteiger partial charge in [-0.1, -0.05) is 11.8 Å². The highest BCUT2D eigenvalue weighted by molar-refractivity contribution is 7.99. The lowest BCUT2D eigenvalue weighted by atomic mass is 10.6. The normalized spacial score (nSPS) is 9.82. The van der Waals surface area contributed by atoms with Crippen molar-refractivity contribution < 1.29 is 19.0 Å². The predicted octanol–water partition coefficient (Wildman–Crippen LogP) is 1.15. The van der Waals surface area contributed by atoms with Gasteiger partial charge in [0.2, 0.25) is 11.8 Å². The summed E-state index contributed by atoms with van der Waals surface area (Å²) in [6, 6.07) is 1.56. The Morgan fingerprint density at radius 2 is 1.88 bits per heavy atom. The molecule has 1 aromatic heterocycles. The van der Waals surface area contributed by atoms with Gasteiger partial charge in [-0.2, -0.15) is 9.97 Å². The molecule has 0 bridgehead atoms. The van der Waals surface area contributed by atoms with E-state index in [1.807, 2.05) is 0 Å². The van der Waals surface area contributed by atoms with E-state index < -0.39 is 0 Å². The van der Waals surface area contributed by atoms with Gasteiger partial charge in [-0.3, -0.25) is 4.79 Å². The minimum Gasteiger partial charge on any atom is -0.481 e. The maximum atomic E-state index is 11.2. The van der Waals surface area contributed by atoms with Crippen molar-refractivity contribution >= 4 is 17.7 Å². The zero-order valence-electron chi connectivity index (χ0n) is 9.93. The van der Waals surface area contributed by atoms with E-state index >= 15 is 0 Å². The predicted molar refractivity (Wildman–Crippen MR) is 62.5 cm³/mol. The van der Waals surface area contributed by atoms with Crippen molar-refractivity contribution in [2.75, 3.05) is 26.6 Å². The number of thioether (sulfide) groups is 1. The highest BCUT2D eigenvalue weighted by Crippen LogP contribution is 2.21. The summed E-state index contributed by atoms with van der Waals surface area (Å²) >= 11 is 1.17. The lowest BCUT2D eigenvalue weighted by Crippen LogP contribution is -2.07. The van der Waals surface area contributed by atoms with Crippen LogP contribution in [0.25, 0.3) is 0 Å². The van der Waals surface area contributed by atoms with Gasteiger partial charge in [0.15, 0.2) is 5.16 Å². The minimum absolute atomic E-state index is 0.157. The Morgan fingerprint density at radius 3 is 2.35 bits per heavy atom. The summed E-state index contributed by atoms with van der Waals surface area (Å²) in [6.45, 7) is 2.12. The van der Waals surface area contributed by atoms with E-state index in [1.165, 1.54) is 26.0 Å². The molecule has 94 valence electrons. The van der Waals surface area contributed by atoms with Crippen LogP contribution in [0, 0.1) is 0 Å². The smallest absolute Gasteiger partial charge is 0.316 e. The number of hydrogen-bond acceptors (Lipinski definition) is 7. The maximum absolute atomic E-state index is 11.2. The van der Waals surface area contributed by atoms with Gasteiger partial charge in [0.25, 0.3) is 0 Å². The highest BCUT2D eigenvalue weighted by atomic mass is 32.2. The van der Waals surface area contributed by atoms with Crippen molar-refractivity contribution in [1.29, 1.82) is 0 Å². The van der Waals surface area contributed by atoms with Crippen molar-refractivity contribution in [3.05, 3.63) is 6.07 Å². The third-order valence-corrected chi connectivity index (χ3v) is 2.52. The number of ether oxygens (including phenoxy) is 3. The van der Waals surface area contributed by atoms with Crippen LogP contribution in [-0.2, 0) is 9.53 Å². The first kappa shape index (κ1) is 13.6. The summed E-state index contributed by atoms with van der Waals surface area (Å²) in [5.41, 5.74) is 0. The van der Waals surface area contributed by atoms with Crippen LogP contribution in [0.5, 0.6) is 11.8 Å². The Labute approximate surface area is 104 Å². The quantitative estimate of drug-likeness (QED) is 0.430. The first-order valence-corrected chi connectivity index (χ1v) is 5.93. The van der Waals surface area contributed by atoms with Gasteiger partial charge in [-0.15, -0.1) is 0 Å². The molecule has 0 saturated heterocycles. The Hall–Kier alpha value is -1.50. The topological polar surface area (TPSA) is 70.5 Å². The molecular weight excluding hydrogens is 244 g/mol. The van der Waals surface area contributed by atoms with E-state index in [0.717, 1.165) is 0 Å². The first-order chi connectivity index (χ1) is 8.19. The molecule has 0 unspecified atom stereocenters. The highest BCUT2D eigenvalue weighted by Gasteiger charge is 2.09. The van der Waals surface area contributed by atoms with Crippen LogP contribution in [0.4, 0.5) is 0 Å². The molecule has 0 fully saturated rings. The molecule has 0 saturated carbocycles. The first-order valence-electron chi connectivity index (χ1n) is 4.95. The second kappa shape index (κ2) is 6.95. The number of carbonyl (C=O) groups is 1. The Morgan fingerprint density at radius 1 is 1.29 bits per heavy atom. The van der Waals surface area contributed by atoms with Gasteiger partial charge in [0.1, 0.15) is 0 Å². The molecule has 0 aliphatic rings. The van der Waals surface area contributed by atoms with Gasteiger partial charge in [-0.05, 0) is 6.92 Å². The summed E-state index contributed by atoms with van der Waals surface area (Å²) in [4.78, 5) is 19.3. The molecule has 0 aromatic carbocycles. The van der Waals surface area contributed by atoms with E-state index in [4.69, 9.17) is 14.2 Å². The Balaban J connectivity index is 2.66. The van der Waals surface area contributed by atoms with Crippen LogP contribution in [0.1, 0.15) is 6.92 Å². The lowest BCUT2D eigenvalue weighted by molar-refractivity contribution is -0.139. The van der Waals surface area contributed by atoms with Crippen LogP contribution in [0.2, 0.25) is 0 Å². The van der Waals surface area contributed by atoms with Crippen molar-refractivity contribution in [1.82, 2.24) is 9.97 Å². The standard InChI is InChI=1S/C10H14N2O4S/c1-4-16-9(13)6-17-10-11-7(14-2)5-8(12-10)15-3/h5H,4,6H2,1-3H3. The van der Waals surface area contributed by atoms with Crippen molar-refractivity contribution in [2.45, 2.75) is 12.1 Å². The molecule has 7 heteroatoms. The number of hydrogen-bond donors (Lipinski definition) is 0. The second-order valence-corrected chi connectivity index (χ2v) is 3.77. The molecule has 1 aromatic rings. The van der Waals surface area contributed by atoms with Gasteiger partial charge in [-0.25, -0.2) is 0 Å². The van der Waals surface area contributed by atoms with Crippen LogP contribution < -0.4 is 9.47 Å². The number of nitrogens with zero attached hydrogens (tertiary/aromatic N) is 2. The molecule has 0 aliphatic carbocycles. The summed E-state index contributed by atoms with van der Waals surface area (Å²) in [5, 5.41) is 0.411. The maximum Gasteiger partial charge on any atom is 0.316 e. The Bertz CT molecular complexity index is 364. The third kappa shape index (κ3) is 4.48. The molecule has 6 nitrogen and oxygen atoms in total.